The van der Waals surface area contributed by atoms with Gasteiger partial charge in [0, 0.05) is 19.1 Å². The summed E-state index contributed by atoms with van der Waals surface area (Å²) in [5.41, 5.74) is 8.28. The highest BCUT2D eigenvalue weighted by molar-refractivity contribution is 7.89. The molecule has 126 valence electrons. The molecule has 2 atom stereocenters. The minimum absolute atomic E-state index is 0.0316. The molecule has 5 heteroatoms. The Kier molecular flexibility index (Phi) is 3.95. The topological polar surface area (TPSA) is 63.4 Å². The van der Waals surface area contributed by atoms with Crippen LogP contribution in [-0.2, 0) is 10.0 Å². The lowest BCUT2D eigenvalue weighted by Crippen LogP contribution is -2.32. The second-order valence-electron chi connectivity index (χ2n) is 6.88. The fraction of sp³-hybridized carbons (Fsp3) is 0.368. The predicted molar refractivity (Wildman–Crippen MR) is 94.8 cm³/mol. The van der Waals surface area contributed by atoms with Crippen LogP contribution >= 0.6 is 0 Å². The van der Waals surface area contributed by atoms with Crippen LogP contribution in [0.5, 0.6) is 0 Å². The molecule has 24 heavy (non-hydrogen) atoms. The fourth-order valence-corrected chi connectivity index (χ4v) is 5.15. The van der Waals surface area contributed by atoms with Crippen molar-refractivity contribution >= 4 is 10.0 Å². The van der Waals surface area contributed by atoms with Crippen molar-refractivity contribution in [2.24, 2.45) is 17.6 Å². The molecular formula is C19H22N2O2S. The van der Waals surface area contributed by atoms with E-state index in [0.717, 1.165) is 11.1 Å². The van der Waals surface area contributed by atoms with E-state index >= 15 is 0 Å². The van der Waals surface area contributed by atoms with E-state index < -0.39 is 10.0 Å². The van der Waals surface area contributed by atoms with Gasteiger partial charge in [-0.15, -0.1) is 0 Å². The maximum Gasteiger partial charge on any atom is 0.243 e. The van der Waals surface area contributed by atoms with Gasteiger partial charge in [-0.05, 0) is 47.9 Å². The summed E-state index contributed by atoms with van der Waals surface area (Å²) in [5.74, 6) is 0.948. The lowest BCUT2D eigenvalue weighted by Gasteiger charge is -2.16. The van der Waals surface area contributed by atoms with Crippen molar-refractivity contribution in [3.05, 3.63) is 54.6 Å². The van der Waals surface area contributed by atoms with Crippen LogP contribution < -0.4 is 5.73 Å². The summed E-state index contributed by atoms with van der Waals surface area (Å²) in [5, 5.41) is 0. The van der Waals surface area contributed by atoms with Crippen LogP contribution in [0.15, 0.2) is 59.5 Å². The van der Waals surface area contributed by atoms with Crippen molar-refractivity contribution in [3.63, 3.8) is 0 Å². The number of hydrogen-bond acceptors (Lipinski definition) is 3. The lowest BCUT2D eigenvalue weighted by atomic mass is 9.99. The van der Waals surface area contributed by atoms with Gasteiger partial charge in [0.15, 0.2) is 0 Å². The molecule has 2 aromatic carbocycles. The molecule has 2 aliphatic rings. The van der Waals surface area contributed by atoms with Crippen molar-refractivity contribution in [1.29, 1.82) is 0 Å². The zero-order valence-corrected chi connectivity index (χ0v) is 14.3. The highest BCUT2D eigenvalue weighted by Gasteiger charge is 2.44. The molecule has 4 rings (SSSR count). The molecule has 0 aromatic heterocycles. The van der Waals surface area contributed by atoms with Crippen molar-refractivity contribution in [3.8, 4) is 11.1 Å². The minimum Gasteiger partial charge on any atom is -0.326 e. The molecule has 0 bridgehead atoms. The molecule has 1 aliphatic carbocycles. The summed E-state index contributed by atoms with van der Waals surface area (Å²) in [6.45, 7) is 0.999. The van der Waals surface area contributed by atoms with Gasteiger partial charge in [0.05, 0.1) is 4.90 Å². The molecule has 2 N–H and O–H groups in total. The Labute approximate surface area is 143 Å². The molecular weight excluding hydrogens is 320 g/mol. The van der Waals surface area contributed by atoms with Crippen LogP contribution in [0.25, 0.3) is 11.1 Å². The first-order valence-corrected chi connectivity index (χ1v) is 9.91. The zero-order valence-electron chi connectivity index (χ0n) is 13.5. The van der Waals surface area contributed by atoms with Crippen LogP contribution in [0.1, 0.15) is 12.8 Å². The molecule has 0 unspecified atom stereocenters. The Morgan fingerprint density at radius 2 is 1.50 bits per heavy atom. The predicted octanol–water partition coefficient (Wildman–Crippen LogP) is 2.71. The third-order valence-corrected chi connectivity index (χ3v) is 7.05. The maximum atomic E-state index is 12.9. The van der Waals surface area contributed by atoms with Gasteiger partial charge in [-0.2, -0.15) is 4.31 Å². The van der Waals surface area contributed by atoms with E-state index in [-0.39, 0.29) is 6.04 Å². The Hall–Kier alpha value is -1.69. The van der Waals surface area contributed by atoms with Crippen LogP contribution in [0.3, 0.4) is 0 Å². The van der Waals surface area contributed by atoms with Gasteiger partial charge < -0.3 is 5.73 Å². The summed E-state index contributed by atoms with van der Waals surface area (Å²) >= 11 is 0. The third-order valence-electron chi connectivity index (χ3n) is 5.21. The van der Waals surface area contributed by atoms with E-state index in [0.29, 0.717) is 29.8 Å². The number of rotatable bonds is 4. The molecule has 0 amide bonds. The summed E-state index contributed by atoms with van der Waals surface area (Å²) < 4.78 is 27.3. The number of nitrogens with zero attached hydrogens (tertiary/aromatic N) is 1. The molecule has 4 nitrogen and oxygen atoms in total. The molecule has 1 saturated heterocycles. The second-order valence-corrected chi connectivity index (χ2v) is 8.82. The average Bonchev–Trinajstić information content (AvgIpc) is 3.37. The smallest absolute Gasteiger partial charge is 0.243 e. The van der Waals surface area contributed by atoms with Crippen molar-refractivity contribution in [2.45, 2.75) is 23.8 Å². The Morgan fingerprint density at radius 1 is 0.875 bits per heavy atom. The second kappa shape index (κ2) is 5.99. The standard InChI is InChI=1S/C19H22N2O2S/c20-19-13-21(12-18(19)16-6-7-16)24(22,23)17-10-8-15(9-11-17)14-4-2-1-3-5-14/h1-5,8-11,16,18-19H,6-7,12-13,20H2/t18-,19+/m1/s1. The van der Waals surface area contributed by atoms with E-state index in [2.05, 4.69) is 0 Å². The van der Waals surface area contributed by atoms with Crippen LogP contribution in [-0.4, -0.2) is 31.9 Å². The molecule has 0 spiro atoms. The first-order chi connectivity index (χ1) is 11.6. The quantitative estimate of drug-likeness (QED) is 0.929. The van der Waals surface area contributed by atoms with Gasteiger partial charge in [-0.3, -0.25) is 0 Å². The first kappa shape index (κ1) is 15.8. The molecule has 2 fully saturated rings. The number of hydrogen-bond donors (Lipinski definition) is 1. The highest BCUT2D eigenvalue weighted by atomic mass is 32.2. The van der Waals surface area contributed by atoms with Gasteiger partial charge in [0.1, 0.15) is 0 Å². The zero-order chi connectivity index (χ0) is 16.7. The monoisotopic (exact) mass is 342 g/mol. The van der Waals surface area contributed by atoms with Crippen LogP contribution in [0, 0.1) is 11.8 Å². The minimum atomic E-state index is -3.46. The Balaban J connectivity index is 1.56. The molecule has 1 heterocycles. The first-order valence-electron chi connectivity index (χ1n) is 8.47. The van der Waals surface area contributed by atoms with Gasteiger partial charge in [0.2, 0.25) is 10.0 Å². The Morgan fingerprint density at radius 3 is 2.12 bits per heavy atom. The molecule has 1 aliphatic heterocycles. The van der Waals surface area contributed by atoms with E-state index in [9.17, 15) is 8.42 Å². The van der Waals surface area contributed by atoms with Gasteiger partial charge in [0.25, 0.3) is 0 Å². The van der Waals surface area contributed by atoms with Crippen LogP contribution in [0.2, 0.25) is 0 Å². The van der Waals surface area contributed by atoms with Crippen molar-refractivity contribution in [1.82, 2.24) is 4.31 Å². The summed E-state index contributed by atoms with van der Waals surface area (Å²) in [4.78, 5) is 0.353. The normalized spacial score (nSPS) is 25.0. The van der Waals surface area contributed by atoms with E-state index in [1.54, 1.807) is 16.4 Å². The average molecular weight is 342 g/mol. The summed E-state index contributed by atoms with van der Waals surface area (Å²) in [7, 11) is -3.46. The van der Waals surface area contributed by atoms with Gasteiger partial charge in [-0.25, -0.2) is 8.42 Å². The molecule has 1 saturated carbocycles. The molecule has 2 aromatic rings. The number of benzene rings is 2. The number of sulfonamides is 1. The fourth-order valence-electron chi connectivity index (χ4n) is 3.63. The highest BCUT2D eigenvalue weighted by Crippen LogP contribution is 2.42. The van der Waals surface area contributed by atoms with Gasteiger partial charge >= 0.3 is 0 Å². The van der Waals surface area contributed by atoms with Crippen molar-refractivity contribution in [2.75, 3.05) is 13.1 Å². The largest absolute Gasteiger partial charge is 0.326 e. The van der Waals surface area contributed by atoms with Crippen LogP contribution in [0.4, 0.5) is 0 Å². The number of nitrogens with two attached hydrogens (primary N) is 1. The summed E-state index contributed by atoms with van der Waals surface area (Å²) in [6, 6.07) is 17.1. The van der Waals surface area contributed by atoms with E-state index in [1.807, 2.05) is 42.5 Å². The Bertz CT molecular complexity index is 814. The van der Waals surface area contributed by atoms with E-state index in [4.69, 9.17) is 5.73 Å². The maximum absolute atomic E-state index is 12.9. The SMILES string of the molecule is N[C@H]1CN(S(=O)(=O)c2ccc(-c3ccccc3)cc2)C[C@@H]1C1CC1. The van der Waals surface area contributed by atoms with Crippen molar-refractivity contribution < 1.29 is 8.42 Å². The molecule has 0 radical (unpaired) electrons. The lowest BCUT2D eigenvalue weighted by molar-refractivity contribution is 0.428. The van der Waals surface area contributed by atoms with E-state index in [1.165, 1.54) is 12.8 Å². The summed E-state index contributed by atoms with van der Waals surface area (Å²) in [6.07, 6.45) is 2.38. The third kappa shape index (κ3) is 2.88. The van der Waals surface area contributed by atoms with Gasteiger partial charge in [-0.1, -0.05) is 42.5 Å².